The van der Waals surface area contributed by atoms with Crippen LogP contribution in [0.2, 0.25) is 0 Å². The van der Waals surface area contributed by atoms with Gasteiger partial charge in [0.2, 0.25) is 0 Å². The Bertz CT molecular complexity index is 960. The number of nitrogens with two attached hydrogens (primary N) is 1. The molecule has 0 unspecified atom stereocenters. The summed E-state index contributed by atoms with van der Waals surface area (Å²) in [5, 5.41) is 15.3. The number of H-pyrrole nitrogens is 2. The largest absolute Gasteiger partial charge is 0.492 e. The maximum atomic E-state index is 5.60. The Kier molecular flexibility index (Phi) is 3.68. The van der Waals surface area contributed by atoms with E-state index in [1.54, 1.807) is 0 Å². The van der Waals surface area contributed by atoms with Gasteiger partial charge in [0, 0.05) is 23.1 Å². The smallest absolute Gasteiger partial charge is 0.155 e. The molecule has 0 atom stereocenters. The highest BCUT2D eigenvalue weighted by Crippen LogP contribution is 2.31. The average molecular weight is 320 g/mol. The third kappa shape index (κ3) is 2.61. The van der Waals surface area contributed by atoms with Gasteiger partial charge in [-0.15, -0.1) is 0 Å². The molecule has 0 saturated heterocycles. The van der Waals surface area contributed by atoms with Crippen molar-refractivity contribution in [3.8, 4) is 28.4 Å². The molecule has 4 rings (SSSR count). The van der Waals surface area contributed by atoms with Crippen molar-refractivity contribution in [2.75, 3.05) is 13.2 Å². The van der Waals surface area contributed by atoms with Gasteiger partial charge in [0.15, 0.2) is 5.82 Å². The number of benzene rings is 2. The lowest BCUT2D eigenvalue weighted by Crippen LogP contribution is -2.10. The topological polar surface area (TPSA) is 106 Å². The van der Waals surface area contributed by atoms with E-state index in [1.807, 2.05) is 42.5 Å². The molecule has 0 aliphatic carbocycles. The molecular formula is C17H16N6O. The lowest BCUT2D eigenvalue weighted by molar-refractivity contribution is 0.328. The van der Waals surface area contributed by atoms with E-state index < -0.39 is 0 Å². The normalized spacial score (nSPS) is 11.0. The third-order valence-electron chi connectivity index (χ3n) is 3.75. The molecule has 0 saturated carbocycles. The monoisotopic (exact) mass is 320 g/mol. The van der Waals surface area contributed by atoms with E-state index in [1.165, 1.54) is 6.33 Å². The lowest BCUT2D eigenvalue weighted by Gasteiger charge is -2.06. The maximum Gasteiger partial charge on any atom is 0.155 e. The number of aromatic amines is 2. The fourth-order valence-electron chi connectivity index (χ4n) is 2.64. The second-order valence-electron chi connectivity index (χ2n) is 5.33. The first-order valence-corrected chi connectivity index (χ1v) is 7.62. The van der Waals surface area contributed by atoms with Gasteiger partial charge in [-0.05, 0) is 30.3 Å². The first-order chi connectivity index (χ1) is 11.8. The van der Waals surface area contributed by atoms with Crippen molar-refractivity contribution in [2.45, 2.75) is 0 Å². The Hall–Kier alpha value is -3.19. The van der Waals surface area contributed by atoms with Gasteiger partial charge >= 0.3 is 0 Å². The Morgan fingerprint density at radius 2 is 2.00 bits per heavy atom. The van der Waals surface area contributed by atoms with Gasteiger partial charge in [-0.25, -0.2) is 4.98 Å². The highest BCUT2D eigenvalue weighted by atomic mass is 16.5. The van der Waals surface area contributed by atoms with Crippen LogP contribution >= 0.6 is 0 Å². The van der Waals surface area contributed by atoms with Crippen molar-refractivity contribution < 1.29 is 4.74 Å². The van der Waals surface area contributed by atoms with Crippen molar-refractivity contribution in [3.05, 3.63) is 48.8 Å². The summed E-state index contributed by atoms with van der Waals surface area (Å²) in [6, 6.07) is 13.8. The van der Waals surface area contributed by atoms with Crippen LogP contribution in [0.5, 0.6) is 5.75 Å². The number of aromatic nitrogens is 5. The van der Waals surface area contributed by atoms with Gasteiger partial charge in [-0.2, -0.15) is 10.2 Å². The molecule has 2 aromatic heterocycles. The summed E-state index contributed by atoms with van der Waals surface area (Å²) < 4.78 is 5.60. The third-order valence-corrected chi connectivity index (χ3v) is 3.75. The Balaban J connectivity index is 1.78. The molecule has 7 nitrogen and oxygen atoms in total. The van der Waals surface area contributed by atoms with Gasteiger partial charge in [-0.1, -0.05) is 12.1 Å². The summed E-state index contributed by atoms with van der Waals surface area (Å²) in [7, 11) is 0. The molecule has 24 heavy (non-hydrogen) atoms. The number of nitrogens with one attached hydrogen (secondary N) is 2. The molecule has 4 aromatic rings. The fraction of sp³-hybridized carbons (Fsp3) is 0.118. The van der Waals surface area contributed by atoms with E-state index in [0.717, 1.165) is 39.3 Å². The molecule has 0 amide bonds. The van der Waals surface area contributed by atoms with Crippen LogP contribution in [0.4, 0.5) is 0 Å². The molecule has 2 aromatic carbocycles. The minimum atomic E-state index is 0.482. The second-order valence-corrected chi connectivity index (χ2v) is 5.33. The zero-order valence-electron chi connectivity index (χ0n) is 12.9. The highest BCUT2D eigenvalue weighted by Gasteiger charge is 2.11. The summed E-state index contributed by atoms with van der Waals surface area (Å²) in [5.74, 6) is 1.50. The first-order valence-electron chi connectivity index (χ1n) is 7.62. The Morgan fingerprint density at radius 1 is 1.04 bits per heavy atom. The molecule has 2 heterocycles. The molecule has 4 N–H and O–H groups in total. The van der Waals surface area contributed by atoms with Crippen LogP contribution in [0, 0.1) is 0 Å². The van der Waals surface area contributed by atoms with E-state index in [-0.39, 0.29) is 0 Å². The number of rotatable bonds is 5. The van der Waals surface area contributed by atoms with Crippen LogP contribution in [0.3, 0.4) is 0 Å². The van der Waals surface area contributed by atoms with Crippen LogP contribution < -0.4 is 10.5 Å². The zero-order chi connectivity index (χ0) is 16.4. The van der Waals surface area contributed by atoms with Crippen LogP contribution in [0.25, 0.3) is 33.5 Å². The van der Waals surface area contributed by atoms with E-state index in [2.05, 4.69) is 25.4 Å². The molecule has 120 valence electrons. The van der Waals surface area contributed by atoms with Crippen LogP contribution in [0.15, 0.2) is 48.8 Å². The first kappa shape index (κ1) is 14.4. The summed E-state index contributed by atoms with van der Waals surface area (Å²) in [5.41, 5.74) is 9.25. The quantitative estimate of drug-likeness (QED) is 0.523. The minimum Gasteiger partial charge on any atom is -0.492 e. The molecule has 7 heteroatoms. The van der Waals surface area contributed by atoms with Crippen LogP contribution in [0.1, 0.15) is 0 Å². The van der Waals surface area contributed by atoms with Crippen LogP contribution in [-0.2, 0) is 0 Å². The Labute approximate surface area is 137 Å². The van der Waals surface area contributed by atoms with E-state index >= 15 is 0 Å². The van der Waals surface area contributed by atoms with Crippen molar-refractivity contribution in [1.29, 1.82) is 0 Å². The maximum absolute atomic E-state index is 5.60. The predicted octanol–water partition coefficient (Wildman–Crippen LogP) is 2.35. The van der Waals surface area contributed by atoms with Gasteiger partial charge in [0.25, 0.3) is 0 Å². The zero-order valence-corrected chi connectivity index (χ0v) is 12.9. The highest BCUT2D eigenvalue weighted by molar-refractivity contribution is 5.95. The summed E-state index contributed by atoms with van der Waals surface area (Å²) in [6.45, 7) is 0.969. The number of ether oxygens (including phenoxy) is 1. The lowest BCUT2D eigenvalue weighted by atomic mass is 10.1. The predicted molar refractivity (Wildman–Crippen MR) is 91.5 cm³/mol. The molecule has 0 bridgehead atoms. The summed E-state index contributed by atoms with van der Waals surface area (Å²) in [4.78, 5) is 4.20. The van der Waals surface area contributed by atoms with Crippen molar-refractivity contribution in [1.82, 2.24) is 25.4 Å². The molecule has 0 spiro atoms. The van der Waals surface area contributed by atoms with E-state index in [9.17, 15) is 0 Å². The summed E-state index contributed by atoms with van der Waals surface area (Å²) in [6.07, 6.45) is 1.49. The van der Waals surface area contributed by atoms with Crippen molar-refractivity contribution >= 4 is 10.9 Å². The van der Waals surface area contributed by atoms with Crippen molar-refractivity contribution in [2.24, 2.45) is 5.73 Å². The standard InChI is InChI=1S/C17H16N6O/c18-6-7-24-13-3-1-2-11(8-13)16-14-9-12(17-19-10-20-23-17)4-5-15(14)21-22-16/h1-5,8-10H,6-7,18H2,(H,21,22)(H,19,20,23). The van der Waals surface area contributed by atoms with E-state index in [0.29, 0.717) is 13.2 Å². The number of hydrogen-bond acceptors (Lipinski definition) is 5. The van der Waals surface area contributed by atoms with E-state index in [4.69, 9.17) is 10.5 Å². The number of nitrogens with zero attached hydrogens (tertiary/aromatic N) is 3. The van der Waals surface area contributed by atoms with Crippen molar-refractivity contribution in [3.63, 3.8) is 0 Å². The molecule has 0 radical (unpaired) electrons. The van der Waals surface area contributed by atoms with Crippen LogP contribution in [-0.4, -0.2) is 38.5 Å². The van der Waals surface area contributed by atoms with Gasteiger partial charge in [0.1, 0.15) is 24.4 Å². The molecule has 0 aliphatic rings. The SMILES string of the molecule is NCCOc1cccc(-c2n[nH]c3ccc(-c4ncn[nH]4)cc23)c1. The number of hydrogen-bond donors (Lipinski definition) is 3. The van der Waals surface area contributed by atoms with Gasteiger partial charge < -0.3 is 10.5 Å². The molecular weight excluding hydrogens is 304 g/mol. The average Bonchev–Trinajstić information content (AvgIpc) is 3.29. The van der Waals surface area contributed by atoms with Gasteiger partial charge in [0.05, 0.1) is 5.52 Å². The minimum absolute atomic E-state index is 0.482. The number of fused-ring (bicyclic) bond motifs is 1. The fourth-order valence-corrected chi connectivity index (χ4v) is 2.64. The molecule has 0 aliphatic heterocycles. The second kappa shape index (κ2) is 6.13. The summed E-state index contributed by atoms with van der Waals surface area (Å²) >= 11 is 0. The van der Waals surface area contributed by atoms with Gasteiger partial charge in [-0.3, -0.25) is 10.2 Å². The molecule has 0 fully saturated rings. The Morgan fingerprint density at radius 3 is 2.83 bits per heavy atom.